The smallest absolute Gasteiger partial charge is 0.327 e. The molecule has 2 heterocycles. The Balaban J connectivity index is 2.08. The first-order chi connectivity index (χ1) is 10.1. The molecular weight excluding hydrogens is 275 g/mol. The lowest BCUT2D eigenvalue weighted by atomic mass is 10.1. The third-order valence-corrected chi connectivity index (χ3v) is 3.47. The number of benzene rings is 1. The van der Waals surface area contributed by atoms with Crippen molar-refractivity contribution in [1.29, 1.82) is 0 Å². The Morgan fingerprint density at radius 1 is 1.24 bits per heavy atom. The lowest BCUT2D eigenvalue weighted by Crippen LogP contribution is -2.43. The Bertz CT molecular complexity index is 732. The molecule has 5 nitrogen and oxygen atoms in total. The molecule has 1 N–H and O–H groups in total. The average molecular weight is 286 g/mol. The highest BCUT2D eigenvalue weighted by Crippen LogP contribution is 2.33. The van der Waals surface area contributed by atoms with Gasteiger partial charge in [0.2, 0.25) is 5.95 Å². The molecule has 0 fully saturated rings. The number of halogens is 1. The van der Waals surface area contributed by atoms with Gasteiger partial charge in [0.25, 0.3) is 5.91 Å². The van der Waals surface area contributed by atoms with E-state index in [1.54, 1.807) is 24.3 Å². The number of pyridine rings is 1. The zero-order chi connectivity index (χ0) is 15.0. The van der Waals surface area contributed by atoms with Crippen molar-refractivity contribution >= 4 is 17.6 Å². The van der Waals surface area contributed by atoms with Crippen LogP contribution >= 0.6 is 0 Å². The molecule has 2 aromatic rings. The van der Waals surface area contributed by atoms with Crippen molar-refractivity contribution in [1.82, 2.24) is 4.98 Å². The SMILES string of the molecule is O=C(O)C1Cc2ccccc2N1C(=O)c1cccnc1F. The monoisotopic (exact) mass is 286 g/mol. The number of hydrogen-bond donors (Lipinski definition) is 1. The Kier molecular flexibility index (Phi) is 3.13. The summed E-state index contributed by atoms with van der Waals surface area (Å²) < 4.78 is 13.7. The molecule has 21 heavy (non-hydrogen) atoms. The van der Waals surface area contributed by atoms with Crippen molar-refractivity contribution in [2.45, 2.75) is 12.5 Å². The van der Waals surface area contributed by atoms with E-state index in [9.17, 15) is 19.1 Å². The number of anilines is 1. The number of rotatable bonds is 2. The summed E-state index contributed by atoms with van der Waals surface area (Å²) in [5.74, 6) is -2.72. The van der Waals surface area contributed by atoms with Gasteiger partial charge in [-0.05, 0) is 23.8 Å². The number of carbonyl (C=O) groups excluding carboxylic acids is 1. The minimum Gasteiger partial charge on any atom is -0.480 e. The summed E-state index contributed by atoms with van der Waals surface area (Å²) in [7, 11) is 0. The van der Waals surface area contributed by atoms with Gasteiger partial charge in [-0.3, -0.25) is 9.69 Å². The normalized spacial score (nSPS) is 16.6. The van der Waals surface area contributed by atoms with E-state index in [-0.39, 0.29) is 12.0 Å². The van der Waals surface area contributed by atoms with Gasteiger partial charge in [-0.2, -0.15) is 4.39 Å². The van der Waals surface area contributed by atoms with Gasteiger partial charge in [-0.1, -0.05) is 18.2 Å². The largest absolute Gasteiger partial charge is 0.480 e. The first-order valence-corrected chi connectivity index (χ1v) is 6.34. The Labute approximate surface area is 119 Å². The molecule has 0 bridgehead atoms. The summed E-state index contributed by atoms with van der Waals surface area (Å²) in [6, 6.07) is 8.61. The highest BCUT2D eigenvalue weighted by Gasteiger charge is 2.39. The molecule has 1 amide bonds. The summed E-state index contributed by atoms with van der Waals surface area (Å²) in [6.45, 7) is 0. The van der Waals surface area contributed by atoms with Crippen molar-refractivity contribution in [3.8, 4) is 0 Å². The van der Waals surface area contributed by atoms with Gasteiger partial charge in [0, 0.05) is 18.3 Å². The molecule has 0 saturated carbocycles. The van der Waals surface area contributed by atoms with Gasteiger partial charge in [-0.25, -0.2) is 9.78 Å². The zero-order valence-corrected chi connectivity index (χ0v) is 10.9. The third-order valence-electron chi connectivity index (χ3n) is 3.47. The van der Waals surface area contributed by atoms with Crippen LogP contribution in [0.25, 0.3) is 0 Å². The predicted molar refractivity (Wildman–Crippen MR) is 72.6 cm³/mol. The fourth-order valence-electron chi connectivity index (χ4n) is 2.51. The Morgan fingerprint density at radius 2 is 2.00 bits per heavy atom. The Morgan fingerprint density at radius 3 is 2.71 bits per heavy atom. The van der Waals surface area contributed by atoms with E-state index in [1.165, 1.54) is 18.3 Å². The van der Waals surface area contributed by atoms with Crippen LogP contribution in [-0.2, 0) is 11.2 Å². The van der Waals surface area contributed by atoms with Crippen LogP contribution in [-0.4, -0.2) is 28.0 Å². The molecule has 1 aromatic heterocycles. The van der Waals surface area contributed by atoms with Crippen LogP contribution in [0.15, 0.2) is 42.6 Å². The van der Waals surface area contributed by atoms with Crippen molar-refractivity contribution in [3.63, 3.8) is 0 Å². The average Bonchev–Trinajstić information content (AvgIpc) is 2.86. The molecule has 1 unspecified atom stereocenters. The first-order valence-electron chi connectivity index (χ1n) is 6.34. The minimum atomic E-state index is -1.12. The number of para-hydroxylation sites is 1. The zero-order valence-electron chi connectivity index (χ0n) is 10.9. The lowest BCUT2D eigenvalue weighted by molar-refractivity contribution is -0.138. The van der Waals surface area contributed by atoms with Crippen LogP contribution in [0, 0.1) is 5.95 Å². The number of fused-ring (bicyclic) bond motifs is 1. The number of carbonyl (C=O) groups is 2. The van der Waals surface area contributed by atoms with Crippen molar-refractivity contribution in [2.24, 2.45) is 0 Å². The summed E-state index contributed by atoms with van der Waals surface area (Å²) in [6.07, 6.45) is 1.44. The molecule has 0 saturated heterocycles. The van der Waals surface area contributed by atoms with Crippen LogP contribution in [0.3, 0.4) is 0 Å². The maximum atomic E-state index is 13.7. The van der Waals surface area contributed by atoms with Crippen molar-refractivity contribution in [3.05, 3.63) is 59.7 Å². The maximum Gasteiger partial charge on any atom is 0.327 e. The molecule has 3 rings (SSSR count). The van der Waals surface area contributed by atoms with E-state index < -0.39 is 23.9 Å². The van der Waals surface area contributed by atoms with E-state index >= 15 is 0 Å². The van der Waals surface area contributed by atoms with Gasteiger partial charge < -0.3 is 5.11 Å². The van der Waals surface area contributed by atoms with Gasteiger partial charge in [0.15, 0.2) is 0 Å². The van der Waals surface area contributed by atoms with E-state index in [1.807, 2.05) is 0 Å². The quantitative estimate of drug-likeness (QED) is 0.856. The molecule has 0 aliphatic carbocycles. The predicted octanol–water partition coefficient (Wildman–Crippen LogP) is 1.88. The molecule has 1 aliphatic rings. The first kappa shape index (κ1) is 13.2. The molecule has 0 spiro atoms. The second kappa shape index (κ2) is 4.97. The Hall–Kier alpha value is -2.76. The van der Waals surface area contributed by atoms with E-state index in [0.29, 0.717) is 5.69 Å². The number of nitrogens with zero attached hydrogens (tertiary/aromatic N) is 2. The van der Waals surface area contributed by atoms with Crippen molar-refractivity contribution < 1.29 is 19.1 Å². The number of amides is 1. The highest BCUT2D eigenvalue weighted by atomic mass is 19.1. The molecule has 1 atom stereocenters. The molecular formula is C15H11FN2O3. The number of aromatic nitrogens is 1. The number of carboxylic acids is 1. The number of carboxylic acid groups (broad SMARTS) is 1. The summed E-state index contributed by atoms with van der Waals surface area (Å²) in [4.78, 5) is 28.5. The molecule has 6 heteroatoms. The summed E-state index contributed by atoms with van der Waals surface area (Å²) >= 11 is 0. The van der Waals surface area contributed by atoms with Crippen LogP contribution in [0.1, 0.15) is 15.9 Å². The fraction of sp³-hybridized carbons (Fsp3) is 0.133. The highest BCUT2D eigenvalue weighted by molar-refractivity contribution is 6.10. The van der Waals surface area contributed by atoms with E-state index in [0.717, 1.165) is 10.5 Å². The van der Waals surface area contributed by atoms with Gasteiger partial charge in [0.1, 0.15) is 6.04 Å². The van der Waals surface area contributed by atoms with Crippen LogP contribution in [0.2, 0.25) is 0 Å². The molecule has 1 aromatic carbocycles. The maximum absolute atomic E-state index is 13.7. The summed E-state index contributed by atoms with van der Waals surface area (Å²) in [5, 5.41) is 9.32. The standard InChI is InChI=1S/C15H11FN2O3/c16-13-10(5-3-7-17-13)14(19)18-11-6-2-1-4-9(11)8-12(18)15(20)21/h1-7,12H,8H2,(H,20,21). The second-order valence-electron chi connectivity index (χ2n) is 4.70. The fourth-order valence-corrected chi connectivity index (χ4v) is 2.51. The molecule has 0 radical (unpaired) electrons. The third kappa shape index (κ3) is 2.14. The van der Waals surface area contributed by atoms with Gasteiger partial charge in [0.05, 0.1) is 5.56 Å². The van der Waals surface area contributed by atoms with Gasteiger partial charge >= 0.3 is 5.97 Å². The minimum absolute atomic E-state index is 0.207. The van der Waals surface area contributed by atoms with Crippen molar-refractivity contribution in [2.75, 3.05) is 4.90 Å². The summed E-state index contributed by atoms with van der Waals surface area (Å²) in [5.41, 5.74) is 1.01. The van der Waals surface area contributed by atoms with Crippen LogP contribution in [0.4, 0.5) is 10.1 Å². The lowest BCUT2D eigenvalue weighted by Gasteiger charge is -2.22. The second-order valence-corrected chi connectivity index (χ2v) is 4.70. The van der Waals surface area contributed by atoms with E-state index in [2.05, 4.69) is 4.98 Å². The molecule has 1 aliphatic heterocycles. The van der Waals surface area contributed by atoms with E-state index in [4.69, 9.17) is 0 Å². The topological polar surface area (TPSA) is 70.5 Å². The number of hydrogen-bond acceptors (Lipinski definition) is 3. The van der Waals surface area contributed by atoms with Crippen LogP contribution < -0.4 is 4.90 Å². The van der Waals surface area contributed by atoms with Gasteiger partial charge in [-0.15, -0.1) is 0 Å². The number of aliphatic carboxylic acids is 1. The molecule has 106 valence electrons. The van der Waals surface area contributed by atoms with Crippen LogP contribution in [0.5, 0.6) is 0 Å².